The summed E-state index contributed by atoms with van der Waals surface area (Å²) in [5.74, 6) is -0.417. The van der Waals surface area contributed by atoms with E-state index in [1.807, 2.05) is 54.6 Å². The minimum Gasteiger partial charge on any atom is -0.483 e. The summed E-state index contributed by atoms with van der Waals surface area (Å²) in [6.45, 7) is -0.230. The molecule has 7 heteroatoms. The number of hydrogen-bond acceptors (Lipinski definition) is 5. The summed E-state index contributed by atoms with van der Waals surface area (Å²) in [6.07, 6.45) is 4.85. The van der Waals surface area contributed by atoms with E-state index < -0.39 is 11.8 Å². The van der Waals surface area contributed by atoms with E-state index in [2.05, 4.69) is 20.8 Å². The van der Waals surface area contributed by atoms with Crippen molar-refractivity contribution in [2.75, 3.05) is 6.61 Å². The summed E-state index contributed by atoms with van der Waals surface area (Å²) in [7, 11) is 0. The number of para-hydroxylation sites is 1. The van der Waals surface area contributed by atoms with E-state index in [0.717, 1.165) is 11.1 Å². The van der Waals surface area contributed by atoms with Gasteiger partial charge in [0, 0.05) is 18.8 Å². The highest BCUT2D eigenvalue weighted by molar-refractivity contribution is 5.93. The first-order valence-corrected chi connectivity index (χ1v) is 8.32. The predicted octanol–water partition coefficient (Wildman–Crippen LogP) is 1.91. The summed E-state index contributed by atoms with van der Waals surface area (Å²) in [5, 5.41) is 0. The summed E-state index contributed by atoms with van der Waals surface area (Å²) < 4.78 is 5.62. The number of nitrogens with zero attached hydrogens (tertiary/aromatic N) is 2. The molecule has 0 radical (unpaired) electrons. The van der Waals surface area contributed by atoms with Crippen molar-refractivity contribution in [1.82, 2.24) is 20.8 Å². The molecule has 0 aliphatic carbocycles. The summed E-state index contributed by atoms with van der Waals surface area (Å²) in [6, 6.07) is 17.5. The number of nitrogens with one attached hydrogen (secondary N) is 2. The van der Waals surface area contributed by atoms with Crippen LogP contribution in [0.3, 0.4) is 0 Å². The Kier molecular flexibility index (Phi) is 6.08. The van der Waals surface area contributed by atoms with Gasteiger partial charge in [-0.2, -0.15) is 0 Å². The number of aromatic nitrogens is 2. The molecule has 0 bridgehead atoms. The van der Waals surface area contributed by atoms with Gasteiger partial charge in [-0.15, -0.1) is 0 Å². The van der Waals surface area contributed by atoms with Crippen molar-refractivity contribution in [2.45, 2.75) is 6.42 Å². The molecule has 2 amide bonds. The molecule has 0 saturated carbocycles. The average molecular weight is 362 g/mol. The summed E-state index contributed by atoms with van der Waals surface area (Å²) in [4.78, 5) is 31.4. The standard InChI is InChI=1S/C20H18N4O3/c25-19(23-24-20(26)17-13-21-10-11-22-17)14-27-18-9-5-4-8-16(18)12-15-6-2-1-3-7-15/h1-11,13H,12,14H2,(H,23,25)(H,24,26). The lowest BCUT2D eigenvalue weighted by atomic mass is 10.0. The molecular weight excluding hydrogens is 344 g/mol. The molecule has 3 rings (SSSR count). The van der Waals surface area contributed by atoms with Crippen LogP contribution in [0.15, 0.2) is 73.2 Å². The van der Waals surface area contributed by atoms with Crippen LogP contribution < -0.4 is 15.6 Å². The van der Waals surface area contributed by atoms with E-state index >= 15 is 0 Å². The molecule has 0 fully saturated rings. The topological polar surface area (TPSA) is 93.2 Å². The van der Waals surface area contributed by atoms with Gasteiger partial charge in [0.2, 0.25) is 0 Å². The zero-order valence-corrected chi connectivity index (χ0v) is 14.5. The van der Waals surface area contributed by atoms with E-state index in [1.165, 1.54) is 18.6 Å². The average Bonchev–Trinajstić information content (AvgIpc) is 2.73. The van der Waals surface area contributed by atoms with Gasteiger partial charge in [0.15, 0.2) is 6.61 Å². The Morgan fingerprint density at radius 1 is 0.926 bits per heavy atom. The number of benzene rings is 2. The van der Waals surface area contributed by atoms with Crippen LogP contribution in [0.2, 0.25) is 0 Å². The molecule has 2 N–H and O–H groups in total. The molecule has 0 atom stereocenters. The van der Waals surface area contributed by atoms with Gasteiger partial charge in [-0.3, -0.25) is 25.4 Å². The molecule has 0 saturated heterocycles. The molecule has 0 aliphatic rings. The number of carbonyl (C=O) groups excluding carboxylic acids is 2. The number of ether oxygens (including phenoxy) is 1. The molecule has 2 aromatic carbocycles. The van der Waals surface area contributed by atoms with Gasteiger partial charge in [-0.1, -0.05) is 48.5 Å². The van der Waals surface area contributed by atoms with Crippen LogP contribution in [-0.2, 0) is 11.2 Å². The van der Waals surface area contributed by atoms with Crippen molar-refractivity contribution < 1.29 is 14.3 Å². The van der Waals surface area contributed by atoms with Crippen LogP contribution in [0.5, 0.6) is 5.75 Å². The zero-order valence-electron chi connectivity index (χ0n) is 14.5. The van der Waals surface area contributed by atoms with Crippen LogP contribution in [0.4, 0.5) is 0 Å². The Labute approximate surface area is 156 Å². The Morgan fingerprint density at radius 3 is 2.48 bits per heavy atom. The fraction of sp³-hybridized carbons (Fsp3) is 0.100. The van der Waals surface area contributed by atoms with Gasteiger partial charge >= 0.3 is 0 Å². The predicted molar refractivity (Wildman–Crippen MR) is 98.8 cm³/mol. The highest BCUT2D eigenvalue weighted by Crippen LogP contribution is 2.21. The fourth-order valence-electron chi connectivity index (χ4n) is 2.39. The molecule has 0 aliphatic heterocycles. The van der Waals surface area contributed by atoms with Gasteiger partial charge in [-0.05, 0) is 17.2 Å². The number of amides is 2. The summed E-state index contributed by atoms with van der Waals surface area (Å²) in [5.41, 5.74) is 6.78. The van der Waals surface area contributed by atoms with Crippen molar-refractivity contribution in [3.63, 3.8) is 0 Å². The lowest BCUT2D eigenvalue weighted by Crippen LogP contribution is -2.44. The Morgan fingerprint density at radius 2 is 1.70 bits per heavy atom. The van der Waals surface area contributed by atoms with Crippen molar-refractivity contribution in [3.05, 3.63) is 90.0 Å². The third-order valence-electron chi connectivity index (χ3n) is 3.68. The first-order chi connectivity index (χ1) is 13.2. The van der Waals surface area contributed by atoms with Gasteiger partial charge in [0.25, 0.3) is 11.8 Å². The smallest absolute Gasteiger partial charge is 0.289 e. The lowest BCUT2D eigenvalue weighted by Gasteiger charge is -2.12. The largest absolute Gasteiger partial charge is 0.483 e. The molecule has 3 aromatic rings. The minimum absolute atomic E-state index is 0.104. The summed E-state index contributed by atoms with van der Waals surface area (Å²) >= 11 is 0. The van der Waals surface area contributed by atoms with E-state index in [9.17, 15) is 9.59 Å². The SMILES string of the molecule is O=C(COc1ccccc1Cc1ccccc1)NNC(=O)c1cnccn1. The van der Waals surface area contributed by atoms with Gasteiger partial charge < -0.3 is 4.74 Å². The van der Waals surface area contributed by atoms with E-state index in [0.29, 0.717) is 12.2 Å². The highest BCUT2D eigenvalue weighted by atomic mass is 16.5. The molecule has 1 heterocycles. The molecule has 0 unspecified atom stereocenters. The molecule has 0 spiro atoms. The van der Waals surface area contributed by atoms with Crippen molar-refractivity contribution in [2.24, 2.45) is 0 Å². The van der Waals surface area contributed by atoms with Crippen molar-refractivity contribution in [1.29, 1.82) is 0 Å². The number of carbonyl (C=O) groups is 2. The van der Waals surface area contributed by atoms with Crippen LogP contribution in [0, 0.1) is 0 Å². The highest BCUT2D eigenvalue weighted by Gasteiger charge is 2.10. The van der Waals surface area contributed by atoms with Gasteiger partial charge in [0.1, 0.15) is 11.4 Å². The minimum atomic E-state index is -0.555. The third-order valence-corrected chi connectivity index (χ3v) is 3.68. The normalized spacial score (nSPS) is 10.1. The maximum absolute atomic E-state index is 11.9. The van der Waals surface area contributed by atoms with Crippen LogP contribution in [0.25, 0.3) is 0 Å². The first kappa shape index (κ1) is 18.1. The number of hydrogen-bond donors (Lipinski definition) is 2. The number of rotatable bonds is 6. The van der Waals surface area contributed by atoms with Crippen LogP contribution in [-0.4, -0.2) is 28.4 Å². The Bertz CT molecular complexity index is 901. The van der Waals surface area contributed by atoms with E-state index in [4.69, 9.17) is 4.74 Å². The second-order valence-electron chi connectivity index (χ2n) is 5.65. The Hall–Kier alpha value is -3.74. The fourth-order valence-corrected chi connectivity index (χ4v) is 2.39. The molecular formula is C20H18N4O3. The van der Waals surface area contributed by atoms with Crippen LogP contribution in [0.1, 0.15) is 21.6 Å². The maximum atomic E-state index is 11.9. The van der Waals surface area contributed by atoms with E-state index in [1.54, 1.807) is 0 Å². The Balaban J connectivity index is 1.52. The molecule has 136 valence electrons. The lowest BCUT2D eigenvalue weighted by molar-refractivity contribution is -0.123. The quantitative estimate of drug-likeness (QED) is 0.654. The van der Waals surface area contributed by atoms with Crippen LogP contribution >= 0.6 is 0 Å². The first-order valence-electron chi connectivity index (χ1n) is 8.32. The van der Waals surface area contributed by atoms with Gasteiger partial charge in [0.05, 0.1) is 6.20 Å². The van der Waals surface area contributed by atoms with Crippen molar-refractivity contribution in [3.8, 4) is 5.75 Å². The zero-order chi connectivity index (χ0) is 18.9. The molecule has 27 heavy (non-hydrogen) atoms. The maximum Gasteiger partial charge on any atom is 0.289 e. The van der Waals surface area contributed by atoms with Gasteiger partial charge in [-0.25, -0.2) is 4.98 Å². The third kappa shape index (κ3) is 5.37. The van der Waals surface area contributed by atoms with Crippen molar-refractivity contribution >= 4 is 11.8 Å². The second kappa shape index (κ2) is 9.10. The molecule has 7 nitrogen and oxygen atoms in total. The monoisotopic (exact) mass is 362 g/mol. The second-order valence-corrected chi connectivity index (χ2v) is 5.65. The van der Waals surface area contributed by atoms with E-state index in [-0.39, 0.29) is 12.3 Å². The number of hydrazine groups is 1. The molecule has 1 aromatic heterocycles.